The molecule has 0 aliphatic carbocycles. The maximum Gasteiger partial charge on any atom is 0.250 e. The highest BCUT2D eigenvalue weighted by atomic mass is 19.1. The Bertz CT molecular complexity index is 519. The summed E-state index contributed by atoms with van der Waals surface area (Å²) in [6.07, 6.45) is 1.62. The van der Waals surface area contributed by atoms with Crippen LogP contribution in [-0.2, 0) is 4.79 Å². The molecule has 0 unspecified atom stereocenters. The predicted octanol–water partition coefficient (Wildman–Crippen LogP) is 0.599. The summed E-state index contributed by atoms with van der Waals surface area (Å²) in [6.45, 7) is 2.27. The van der Waals surface area contributed by atoms with Gasteiger partial charge in [0, 0.05) is 12.2 Å². The van der Waals surface area contributed by atoms with Crippen molar-refractivity contribution in [2.45, 2.75) is 19.8 Å². The highest BCUT2D eigenvalue weighted by Gasteiger charge is 2.18. The summed E-state index contributed by atoms with van der Waals surface area (Å²) in [5.41, 5.74) is 16.0. The quantitative estimate of drug-likeness (QED) is 0.635. The molecule has 0 bridgehead atoms. The summed E-state index contributed by atoms with van der Waals surface area (Å²) in [5.74, 6) is -1.96. The minimum absolute atomic E-state index is 0.0207. The molecule has 20 heavy (non-hydrogen) atoms. The van der Waals surface area contributed by atoms with Crippen LogP contribution in [0.2, 0.25) is 0 Å². The van der Waals surface area contributed by atoms with Gasteiger partial charge in [0.25, 0.3) is 5.91 Å². The van der Waals surface area contributed by atoms with Crippen molar-refractivity contribution >= 4 is 23.2 Å². The number of nitrogens with zero attached hydrogens (tertiary/aromatic N) is 1. The molecule has 1 rings (SSSR count). The molecule has 110 valence electrons. The standard InChI is InChI=1S/C13H19FN4O2/c1-2-3-4-18(7-12(16)19)11-5-8(13(17)20)10(15)6-9(11)14/h5-6H,2-4,7,15H2,1H3,(H2,16,19)(H2,17,20). The van der Waals surface area contributed by atoms with Crippen LogP contribution in [0.25, 0.3) is 0 Å². The first kappa shape index (κ1) is 15.7. The summed E-state index contributed by atoms with van der Waals surface area (Å²) >= 11 is 0. The molecule has 0 radical (unpaired) electrons. The fourth-order valence-electron chi connectivity index (χ4n) is 1.85. The van der Waals surface area contributed by atoms with Crippen molar-refractivity contribution < 1.29 is 14.0 Å². The fourth-order valence-corrected chi connectivity index (χ4v) is 1.85. The summed E-state index contributed by atoms with van der Waals surface area (Å²) < 4.78 is 14.0. The normalized spacial score (nSPS) is 10.3. The SMILES string of the molecule is CCCCN(CC(N)=O)c1cc(C(N)=O)c(N)cc1F. The summed E-state index contributed by atoms with van der Waals surface area (Å²) in [4.78, 5) is 23.8. The molecule has 2 amide bonds. The first-order chi connectivity index (χ1) is 9.36. The number of rotatable bonds is 7. The molecule has 7 heteroatoms. The van der Waals surface area contributed by atoms with E-state index in [1.165, 1.54) is 11.0 Å². The van der Waals surface area contributed by atoms with E-state index in [-0.39, 0.29) is 23.5 Å². The lowest BCUT2D eigenvalue weighted by molar-refractivity contribution is -0.116. The van der Waals surface area contributed by atoms with E-state index < -0.39 is 17.6 Å². The third-order valence-corrected chi connectivity index (χ3v) is 2.85. The number of halogens is 1. The number of nitrogens with two attached hydrogens (primary N) is 3. The Labute approximate surface area is 116 Å². The Hall–Kier alpha value is -2.31. The molecule has 0 aliphatic heterocycles. The Balaban J connectivity index is 3.20. The minimum Gasteiger partial charge on any atom is -0.398 e. The van der Waals surface area contributed by atoms with Crippen molar-refractivity contribution in [3.63, 3.8) is 0 Å². The van der Waals surface area contributed by atoms with Crippen LogP contribution in [-0.4, -0.2) is 24.9 Å². The average Bonchev–Trinajstić information content (AvgIpc) is 2.34. The second-order valence-corrected chi connectivity index (χ2v) is 4.50. The van der Waals surface area contributed by atoms with Gasteiger partial charge in [-0.05, 0) is 18.6 Å². The summed E-state index contributed by atoms with van der Waals surface area (Å²) in [6, 6.07) is 2.28. The molecule has 6 nitrogen and oxygen atoms in total. The van der Waals surface area contributed by atoms with Gasteiger partial charge in [-0.3, -0.25) is 9.59 Å². The number of carbonyl (C=O) groups excluding carboxylic acids is 2. The Kier molecular flexibility index (Phi) is 5.31. The van der Waals surface area contributed by atoms with Crippen molar-refractivity contribution in [3.05, 3.63) is 23.5 Å². The first-order valence-electron chi connectivity index (χ1n) is 6.28. The molecule has 1 aromatic rings. The lowest BCUT2D eigenvalue weighted by atomic mass is 10.1. The first-order valence-corrected chi connectivity index (χ1v) is 6.28. The lowest BCUT2D eigenvalue weighted by Crippen LogP contribution is -2.35. The molecule has 0 heterocycles. The summed E-state index contributed by atoms with van der Waals surface area (Å²) in [7, 11) is 0. The number of benzene rings is 1. The van der Waals surface area contributed by atoms with Crippen LogP contribution >= 0.6 is 0 Å². The molecule has 1 aromatic carbocycles. The van der Waals surface area contributed by atoms with E-state index in [9.17, 15) is 14.0 Å². The van der Waals surface area contributed by atoms with Crippen LogP contribution in [0.5, 0.6) is 0 Å². The van der Waals surface area contributed by atoms with Crippen molar-refractivity contribution in [3.8, 4) is 0 Å². The van der Waals surface area contributed by atoms with Crippen LogP contribution in [0.3, 0.4) is 0 Å². The molecule has 0 fully saturated rings. The van der Waals surface area contributed by atoms with Gasteiger partial charge in [0.2, 0.25) is 5.91 Å². The number of carbonyl (C=O) groups is 2. The highest BCUT2D eigenvalue weighted by Crippen LogP contribution is 2.25. The molecule has 0 saturated carbocycles. The van der Waals surface area contributed by atoms with Crippen LogP contribution in [0, 0.1) is 5.82 Å². The van der Waals surface area contributed by atoms with Crippen molar-refractivity contribution in [1.82, 2.24) is 0 Å². The van der Waals surface area contributed by atoms with Gasteiger partial charge in [0.05, 0.1) is 17.8 Å². The molecule has 0 aliphatic rings. The van der Waals surface area contributed by atoms with E-state index in [4.69, 9.17) is 17.2 Å². The molecule has 0 atom stereocenters. The Morgan fingerprint density at radius 3 is 2.45 bits per heavy atom. The topological polar surface area (TPSA) is 115 Å². The average molecular weight is 282 g/mol. The van der Waals surface area contributed by atoms with Crippen LogP contribution in [0.15, 0.2) is 12.1 Å². The molecular weight excluding hydrogens is 263 g/mol. The maximum atomic E-state index is 14.0. The fraction of sp³-hybridized carbons (Fsp3) is 0.385. The third-order valence-electron chi connectivity index (χ3n) is 2.85. The van der Waals surface area contributed by atoms with Gasteiger partial charge in [0.15, 0.2) is 0 Å². The number of amides is 2. The van der Waals surface area contributed by atoms with Crippen LogP contribution in [0.1, 0.15) is 30.1 Å². The molecule has 0 aromatic heterocycles. The van der Waals surface area contributed by atoms with E-state index >= 15 is 0 Å². The lowest BCUT2D eigenvalue weighted by Gasteiger charge is -2.24. The van der Waals surface area contributed by atoms with Gasteiger partial charge < -0.3 is 22.1 Å². The van der Waals surface area contributed by atoms with Gasteiger partial charge in [-0.2, -0.15) is 0 Å². The van der Waals surface area contributed by atoms with Gasteiger partial charge in [0.1, 0.15) is 5.82 Å². The van der Waals surface area contributed by atoms with E-state index in [0.29, 0.717) is 6.54 Å². The van der Waals surface area contributed by atoms with Crippen molar-refractivity contribution in [2.24, 2.45) is 11.5 Å². The van der Waals surface area contributed by atoms with E-state index in [1.54, 1.807) is 0 Å². The maximum absolute atomic E-state index is 14.0. The Morgan fingerprint density at radius 1 is 1.30 bits per heavy atom. The third kappa shape index (κ3) is 3.84. The molecule has 0 spiro atoms. The van der Waals surface area contributed by atoms with Gasteiger partial charge in [-0.1, -0.05) is 13.3 Å². The zero-order chi connectivity index (χ0) is 15.3. The number of anilines is 2. The predicted molar refractivity (Wildman–Crippen MR) is 75.6 cm³/mol. The molecule has 6 N–H and O–H groups in total. The Morgan fingerprint density at radius 2 is 1.95 bits per heavy atom. The van der Waals surface area contributed by atoms with E-state index in [2.05, 4.69) is 0 Å². The van der Waals surface area contributed by atoms with Crippen molar-refractivity contribution in [1.29, 1.82) is 0 Å². The second kappa shape index (κ2) is 6.74. The van der Waals surface area contributed by atoms with E-state index in [0.717, 1.165) is 18.9 Å². The second-order valence-electron chi connectivity index (χ2n) is 4.50. The number of unbranched alkanes of at least 4 members (excludes halogenated alkanes) is 1. The zero-order valence-electron chi connectivity index (χ0n) is 11.4. The number of nitrogen functional groups attached to an aromatic ring is 1. The van der Waals surface area contributed by atoms with Crippen LogP contribution < -0.4 is 22.1 Å². The van der Waals surface area contributed by atoms with Crippen LogP contribution in [0.4, 0.5) is 15.8 Å². The molecular formula is C13H19FN4O2. The smallest absolute Gasteiger partial charge is 0.250 e. The molecule has 0 saturated heterocycles. The number of hydrogen-bond acceptors (Lipinski definition) is 4. The zero-order valence-corrected chi connectivity index (χ0v) is 11.4. The highest BCUT2D eigenvalue weighted by molar-refractivity contribution is 5.99. The van der Waals surface area contributed by atoms with Gasteiger partial charge >= 0.3 is 0 Å². The number of hydrogen-bond donors (Lipinski definition) is 3. The minimum atomic E-state index is -0.752. The monoisotopic (exact) mass is 282 g/mol. The van der Waals surface area contributed by atoms with Gasteiger partial charge in [-0.25, -0.2) is 4.39 Å². The summed E-state index contributed by atoms with van der Waals surface area (Å²) in [5, 5.41) is 0. The van der Waals surface area contributed by atoms with Crippen molar-refractivity contribution in [2.75, 3.05) is 23.7 Å². The van der Waals surface area contributed by atoms with Gasteiger partial charge in [-0.15, -0.1) is 0 Å². The van der Waals surface area contributed by atoms with E-state index in [1.807, 2.05) is 6.92 Å². The largest absolute Gasteiger partial charge is 0.398 e. The number of primary amides is 2.